The fourth-order valence-corrected chi connectivity index (χ4v) is 1.68. The summed E-state index contributed by atoms with van der Waals surface area (Å²) >= 11 is 3.30. The first-order chi connectivity index (χ1) is 8.67. The molecule has 0 N–H and O–H groups in total. The van der Waals surface area contributed by atoms with Crippen LogP contribution in [0.25, 0.3) is 10.4 Å². The molecule has 0 spiro atoms. The van der Waals surface area contributed by atoms with Gasteiger partial charge in [-0.25, -0.2) is 0 Å². The molecule has 1 aromatic carbocycles. The van der Waals surface area contributed by atoms with Gasteiger partial charge in [0.2, 0.25) is 0 Å². The Morgan fingerprint density at radius 3 is 2.72 bits per heavy atom. The highest BCUT2D eigenvalue weighted by atomic mass is 79.9. The summed E-state index contributed by atoms with van der Waals surface area (Å²) in [5.74, 6) is -0.413. The second kappa shape index (κ2) is 7.49. The molecular formula is C12H11BrN4O. The Balaban J connectivity index is 2.52. The van der Waals surface area contributed by atoms with E-state index in [4.69, 9.17) is 10.8 Å². The van der Waals surface area contributed by atoms with Gasteiger partial charge in [0.15, 0.2) is 5.78 Å². The number of hydrogen-bond acceptors (Lipinski definition) is 3. The summed E-state index contributed by atoms with van der Waals surface area (Å²) in [6, 6.07) is 9.10. The molecule has 0 aliphatic heterocycles. The molecule has 1 aromatic rings. The zero-order chi connectivity index (χ0) is 13.4. The predicted octanol–water partition coefficient (Wildman–Crippen LogP) is 3.86. The minimum atomic E-state index is -0.403. The highest BCUT2D eigenvalue weighted by Gasteiger charge is 2.11. The normalized spacial score (nSPS) is 11.1. The number of hydrogen-bond donors (Lipinski definition) is 0. The average Bonchev–Trinajstić information content (AvgIpc) is 2.39. The lowest BCUT2D eigenvalue weighted by Gasteiger charge is -2.05. The van der Waals surface area contributed by atoms with Gasteiger partial charge in [0, 0.05) is 27.9 Å². The quantitative estimate of drug-likeness (QED) is 0.345. The number of Topliss-reactive ketones (excluding diaryl/α,β-unsaturated/α-hetero) is 1. The van der Waals surface area contributed by atoms with E-state index < -0.39 is 5.92 Å². The Bertz CT molecular complexity index is 500. The van der Waals surface area contributed by atoms with Crippen LogP contribution in [-0.2, 0) is 0 Å². The second-order valence-electron chi connectivity index (χ2n) is 3.71. The van der Waals surface area contributed by atoms with Gasteiger partial charge >= 0.3 is 0 Å². The van der Waals surface area contributed by atoms with E-state index >= 15 is 0 Å². The van der Waals surface area contributed by atoms with Crippen LogP contribution in [0, 0.1) is 17.2 Å². The molecule has 0 amide bonds. The van der Waals surface area contributed by atoms with Gasteiger partial charge in [0.1, 0.15) is 0 Å². The first-order valence-electron chi connectivity index (χ1n) is 5.36. The number of nitrogens with zero attached hydrogens (tertiary/aromatic N) is 4. The van der Waals surface area contributed by atoms with E-state index in [2.05, 4.69) is 26.0 Å². The van der Waals surface area contributed by atoms with Crippen molar-refractivity contribution in [3.63, 3.8) is 0 Å². The Kier molecular flexibility index (Phi) is 5.92. The van der Waals surface area contributed by atoms with Crippen LogP contribution in [0.5, 0.6) is 0 Å². The summed E-state index contributed by atoms with van der Waals surface area (Å²) in [5.41, 5.74) is 8.79. The molecule has 92 valence electrons. The molecule has 5 nitrogen and oxygen atoms in total. The number of ketones is 1. The molecule has 0 aliphatic carbocycles. The first kappa shape index (κ1) is 14.2. The van der Waals surface area contributed by atoms with Crippen molar-refractivity contribution in [2.75, 3.05) is 6.54 Å². The van der Waals surface area contributed by atoms with Crippen molar-refractivity contribution in [1.82, 2.24) is 0 Å². The van der Waals surface area contributed by atoms with Gasteiger partial charge in [-0.3, -0.25) is 4.79 Å². The molecule has 0 bridgehead atoms. The maximum absolute atomic E-state index is 11.8. The van der Waals surface area contributed by atoms with E-state index in [0.29, 0.717) is 12.0 Å². The minimum absolute atomic E-state index is 0.0105. The van der Waals surface area contributed by atoms with E-state index in [-0.39, 0.29) is 18.7 Å². The van der Waals surface area contributed by atoms with Crippen LogP contribution in [0.15, 0.2) is 33.9 Å². The molecule has 0 radical (unpaired) electrons. The number of azide groups is 1. The average molecular weight is 307 g/mol. The van der Waals surface area contributed by atoms with Gasteiger partial charge in [-0.1, -0.05) is 33.2 Å². The zero-order valence-electron chi connectivity index (χ0n) is 9.58. The van der Waals surface area contributed by atoms with Gasteiger partial charge in [0.25, 0.3) is 0 Å². The molecule has 0 heterocycles. The lowest BCUT2D eigenvalue weighted by atomic mass is 10.00. The minimum Gasteiger partial charge on any atom is -0.294 e. The van der Waals surface area contributed by atoms with Crippen LogP contribution in [0.4, 0.5) is 0 Å². The maximum Gasteiger partial charge on any atom is 0.162 e. The van der Waals surface area contributed by atoms with Crippen molar-refractivity contribution < 1.29 is 4.79 Å². The third-order valence-corrected chi connectivity index (χ3v) is 2.96. The smallest absolute Gasteiger partial charge is 0.162 e. The third kappa shape index (κ3) is 4.58. The van der Waals surface area contributed by atoms with Crippen LogP contribution in [0.1, 0.15) is 23.2 Å². The number of carbonyl (C=O) groups is 1. The van der Waals surface area contributed by atoms with E-state index in [9.17, 15) is 4.79 Å². The molecule has 1 unspecified atom stereocenters. The van der Waals surface area contributed by atoms with Crippen molar-refractivity contribution >= 4 is 21.7 Å². The van der Waals surface area contributed by atoms with Gasteiger partial charge in [-0.15, -0.1) is 0 Å². The molecule has 0 saturated heterocycles. The van der Waals surface area contributed by atoms with Crippen molar-refractivity contribution in [3.8, 4) is 6.07 Å². The maximum atomic E-state index is 11.8. The summed E-state index contributed by atoms with van der Waals surface area (Å²) in [6.07, 6.45) is 0.686. The molecule has 1 atom stereocenters. The van der Waals surface area contributed by atoms with Crippen molar-refractivity contribution in [2.45, 2.75) is 12.8 Å². The molecule has 0 fully saturated rings. The monoisotopic (exact) mass is 306 g/mol. The highest BCUT2D eigenvalue weighted by Crippen LogP contribution is 2.14. The Hall–Kier alpha value is -1.83. The largest absolute Gasteiger partial charge is 0.294 e. The van der Waals surface area contributed by atoms with Crippen LogP contribution in [0.3, 0.4) is 0 Å². The highest BCUT2D eigenvalue weighted by molar-refractivity contribution is 9.10. The van der Waals surface area contributed by atoms with Gasteiger partial charge in [-0.2, -0.15) is 5.26 Å². The summed E-state index contributed by atoms with van der Waals surface area (Å²) in [4.78, 5) is 14.4. The first-order valence-corrected chi connectivity index (χ1v) is 6.16. The topological polar surface area (TPSA) is 89.6 Å². The molecule has 18 heavy (non-hydrogen) atoms. The molecule has 6 heteroatoms. The fourth-order valence-electron chi connectivity index (χ4n) is 1.42. The van der Waals surface area contributed by atoms with Crippen LogP contribution in [-0.4, -0.2) is 12.3 Å². The summed E-state index contributed by atoms with van der Waals surface area (Å²) in [5, 5.41) is 12.2. The second-order valence-corrected chi connectivity index (χ2v) is 4.62. The van der Waals surface area contributed by atoms with Crippen molar-refractivity contribution in [1.29, 1.82) is 5.26 Å². The fraction of sp³-hybridized carbons (Fsp3) is 0.333. The van der Waals surface area contributed by atoms with E-state index in [0.717, 1.165) is 4.47 Å². The third-order valence-electron chi connectivity index (χ3n) is 2.43. The van der Waals surface area contributed by atoms with Gasteiger partial charge < -0.3 is 0 Å². The van der Waals surface area contributed by atoms with Gasteiger partial charge in [-0.05, 0) is 24.1 Å². The van der Waals surface area contributed by atoms with Crippen LogP contribution in [0.2, 0.25) is 0 Å². The number of rotatable bonds is 6. The Morgan fingerprint density at radius 2 is 2.17 bits per heavy atom. The van der Waals surface area contributed by atoms with E-state index in [1.165, 1.54) is 0 Å². The zero-order valence-corrected chi connectivity index (χ0v) is 11.2. The number of halogens is 1. The van der Waals surface area contributed by atoms with Crippen LogP contribution >= 0.6 is 15.9 Å². The Morgan fingerprint density at radius 1 is 1.50 bits per heavy atom. The van der Waals surface area contributed by atoms with Crippen molar-refractivity contribution in [3.05, 3.63) is 44.7 Å². The summed E-state index contributed by atoms with van der Waals surface area (Å²) in [6.45, 7) is 0.112. The molecule has 1 rings (SSSR count). The van der Waals surface area contributed by atoms with Crippen molar-refractivity contribution in [2.24, 2.45) is 11.0 Å². The summed E-state index contributed by atoms with van der Waals surface area (Å²) < 4.78 is 0.914. The standard InChI is InChI=1S/C12H11BrN4O/c13-11-4-2-10(3-5-11)12(18)6-1-9(7-14)8-16-17-15/h2-5,9H,1,6,8H2. The Labute approximate surface area is 113 Å². The molecular weight excluding hydrogens is 296 g/mol. The molecule has 0 aromatic heterocycles. The number of carbonyl (C=O) groups excluding carboxylic acids is 1. The molecule has 0 aliphatic rings. The lowest BCUT2D eigenvalue weighted by molar-refractivity contribution is 0.0977. The summed E-state index contributed by atoms with van der Waals surface area (Å²) in [7, 11) is 0. The molecule has 0 saturated carbocycles. The van der Waals surface area contributed by atoms with E-state index in [1.807, 2.05) is 6.07 Å². The SMILES string of the molecule is N#CC(CCC(=O)c1ccc(Br)cc1)CN=[N+]=[N-]. The predicted molar refractivity (Wildman–Crippen MR) is 70.8 cm³/mol. The van der Waals surface area contributed by atoms with Gasteiger partial charge in [0.05, 0.1) is 12.0 Å². The van der Waals surface area contributed by atoms with E-state index in [1.54, 1.807) is 24.3 Å². The van der Waals surface area contributed by atoms with Crippen LogP contribution < -0.4 is 0 Å². The number of benzene rings is 1. The number of nitriles is 1. The lowest BCUT2D eigenvalue weighted by Crippen LogP contribution is -2.06.